The number of aryl methyl sites for hydroxylation is 1. The Morgan fingerprint density at radius 2 is 1.81 bits per heavy atom. The first-order valence-corrected chi connectivity index (χ1v) is 8.32. The Balaban J connectivity index is 1.89. The maximum absolute atomic E-state index is 12.4. The van der Waals surface area contributed by atoms with Gasteiger partial charge < -0.3 is 19.4 Å². The zero-order valence-electron chi connectivity index (χ0n) is 15.1. The first kappa shape index (κ1) is 20.0. The number of carbonyl (C=O) groups excluding carboxylic acids is 1. The van der Waals surface area contributed by atoms with Gasteiger partial charge in [0.05, 0.1) is 25.3 Å². The highest BCUT2D eigenvalue weighted by Gasteiger charge is 2.17. The van der Waals surface area contributed by atoms with Crippen LogP contribution in [0.25, 0.3) is 0 Å². The van der Waals surface area contributed by atoms with Crippen LogP contribution in [0.15, 0.2) is 41.3 Å². The number of benzene rings is 1. The van der Waals surface area contributed by atoms with Gasteiger partial charge in [0.1, 0.15) is 17.1 Å². The highest BCUT2D eigenvalue weighted by Crippen LogP contribution is 2.27. The molecule has 9 heteroatoms. The average Bonchev–Trinajstić information content (AvgIpc) is 2.67. The van der Waals surface area contributed by atoms with Gasteiger partial charge in [-0.2, -0.15) is 0 Å². The van der Waals surface area contributed by atoms with Crippen LogP contribution in [0.4, 0.5) is 5.69 Å². The number of nitrogens with one attached hydrogen (secondary N) is 1. The zero-order valence-corrected chi connectivity index (χ0v) is 15.1. The standard InChI is InChI=1S/C18H21N3O6/c1-26-14-6-5-7-15(27-2)17(14)18(23)19-10-3-4-11-20-12-13(21(24)25)8-9-16(20)22/h5-9,12H,3-4,10-11H2,1-2H3,(H,19,23). The number of rotatable bonds is 9. The lowest BCUT2D eigenvalue weighted by molar-refractivity contribution is -0.385. The van der Waals surface area contributed by atoms with Crippen LogP contribution in [0.3, 0.4) is 0 Å². The largest absolute Gasteiger partial charge is 0.496 e. The number of pyridine rings is 1. The summed E-state index contributed by atoms with van der Waals surface area (Å²) in [5.74, 6) is 0.502. The zero-order chi connectivity index (χ0) is 19.8. The molecular formula is C18H21N3O6. The molecule has 27 heavy (non-hydrogen) atoms. The van der Waals surface area contributed by atoms with E-state index in [1.165, 1.54) is 37.1 Å². The fourth-order valence-corrected chi connectivity index (χ4v) is 2.57. The van der Waals surface area contributed by atoms with E-state index in [2.05, 4.69) is 5.32 Å². The molecule has 1 aromatic carbocycles. The monoisotopic (exact) mass is 375 g/mol. The normalized spacial score (nSPS) is 10.3. The predicted molar refractivity (Wildman–Crippen MR) is 98.5 cm³/mol. The first-order valence-electron chi connectivity index (χ1n) is 8.32. The Bertz CT molecular complexity index is 855. The van der Waals surface area contributed by atoms with Gasteiger partial charge in [0.15, 0.2) is 0 Å². The first-order chi connectivity index (χ1) is 13.0. The number of nitrogens with zero attached hydrogens (tertiary/aromatic N) is 2. The number of aromatic nitrogens is 1. The molecule has 0 spiro atoms. The molecule has 2 aromatic rings. The summed E-state index contributed by atoms with van der Waals surface area (Å²) in [7, 11) is 2.95. The Labute approximate surface area is 155 Å². The molecule has 0 bridgehead atoms. The SMILES string of the molecule is COc1cccc(OC)c1C(=O)NCCCCn1cc([N+](=O)[O-])ccc1=O. The quantitative estimate of drug-likeness (QED) is 0.407. The van der Waals surface area contributed by atoms with Gasteiger partial charge in [-0.05, 0) is 25.0 Å². The van der Waals surface area contributed by atoms with Crippen LogP contribution in [0.5, 0.6) is 11.5 Å². The fourth-order valence-electron chi connectivity index (χ4n) is 2.57. The van der Waals surface area contributed by atoms with Crippen LogP contribution in [-0.4, -0.2) is 36.2 Å². The third-order valence-electron chi connectivity index (χ3n) is 3.94. The van der Waals surface area contributed by atoms with E-state index in [1.807, 2.05) is 0 Å². The minimum atomic E-state index is -0.545. The van der Waals surface area contributed by atoms with Gasteiger partial charge in [-0.15, -0.1) is 0 Å². The third-order valence-corrected chi connectivity index (χ3v) is 3.94. The number of ether oxygens (including phenoxy) is 2. The van der Waals surface area contributed by atoms with Crippen LogP contribution < -0.4 is 20.3 Å². The molecule has 0 saturated heterocycles. The van der Waals surface area contributed by atoms with Crippen molar-refractivity contribution in [2.24, 2.45) is 0 Å². The van der Waals surface area contributed by atoms with Crippen molar-refractivity contribution in [3.05, 3.63) is 62.6 Å². The average molecular weight is 375 g/mol. The molecule has 0 radical (unpaired) electrons. The second kappa shape index (κ2) is 9.37. The minimum absolute atomic E-state index is 0.133. The number of amides is 1. The van der Waals surface area contributed by atoms with Gasteiger partial charge in [0.25, 0.3) is 17.2 Å². The van der Waals surface area contributed by atoms with Gasteiger partial charge in [-0.3, -0.25) is 19.7 Å². The predicted octanol–water partition coefficient (Wildman–Crippen LogP) is 1.98. The van der Waals surface area contributed by atoms with Crippen molar-refractivity contribution in [1.29, 1.82) is 0 Å². The summed E-state index contributed by atoms with van der Waals surface area (Å²) in [6.07, 6.45) is 2.39. The van der Waals surface area contributed by atoms with Crippen LogP contribution in [0.2, 0.25) is 0 Å². The molecule has 2 rings (SSSR count). The molecule has 1 heterocycles. The fraction of sp³-hybridized carbons (Fsp3) is 0.333. The van der Waals surface area contributed by atoms with Crippen LogP contribution in [-0.2, 0) is 6.54 Å². The maximum atomic E-state index is 12.4. The molecule has 1 aromatic heterocycles. The molecule has 144 valence electrons. The Morgan fingerprint density at radius 3 is 2.41 bits per heavy atom. The van der Waals surface area contributed by atoms with Crippen LogP contribution >= 0.6 is 0 Å². The summed E-state index contributed by atoms with van der Waals surface area (Å²) in [5, 5.41) is 13.6. The number of carbonyl (C=O) groups is 1. The molecule has 0 aliphatic heterocycles. The van der Waals surface area contributed by atoms with E-state index in [4.69, 9.17) is 9.47 Å². The molecule has 0 fully saturated rings. The molecule has 0 aliphatic carbocycles. The van der Waals surface area contributed by atoms with Crippen molar-refractivity contribution in [3.63, 3.8) is 0 Å². The van der Waals surface area contributed by atoms with E-state index in [1.54, 1.807) is 18.2 Å². The van der Waals surface area contributed by atoms with Crippen molar-refractivity contribution < 1.29 is 19.2 Å². The highest BCUT2D eigenvalue weighted by atomic mass is 16.6. The number of unbranched alkanes of at least 4 members (excludes halogenated alkanes) is 1. The minimum Gasteiger partial charge on any atom is -0.496 e. The summed E-state index contributed by atoms with van der Waals surface area (Å²) in [6, 6.07) is 7.43. The Hall–Kier alpha value is -3.36. The second-order valence-electron chi connectivity index (χ2n) is 5.68. The Morgan fingerprint density at radius 1 is 1.15 bits per heavy atom. The third kappa shape index (κ3) is 5.06. The highest BCUT2D eigenvalue weighted by molar-refractivity contribution is 5.99. The summed E-state index contributed by atoms with van der Waals surface area (Å²) < 4.78 is 11.7. The van der Waals surface area contributed by atoms with Gasteiger partial charge in [0.2, 0.25) is 0 Å². The van der Waals surface area contributed by atoms with Gasteiger partial charge in [-0.25, -0.2) is 0 Å². The van der Waals surface area contributed by atoms with Crippen molar-refractivity contribution in [3.8, 4) is 11.5 Å². The molecule has 0 saturated carbocycles. The number of hydrogen-bond donors (Lipinski definition) is 1. The summed E-state index contributed by atoms with van der Waals surface area (Å²) in [4.78, 5) is 34.4. The van der Waals surface area contributed by atoms with Crippen LogP contribution in [0.1, 0.15) is 23.2 Å². The van der Waals surface area contributed by atoms with E-state index in [0.717, 1.165) is 0 Å². The van der Waals surface area contributed by atoms with E-state index in [9.17, 15) is 19.7 Å². The van der Waals surface area contributed by atoms with Gasteiger partial charge >= 0.3 is 0 Å². The second-order valence-corrected chi connectivity index (χ2v) is 5.68. The number of methoxy groups -OCH3 is 2. The van der Waals surface area contributed by atoms with E-state index >= 15 is 0 Å². The van der Waals surface area contributed by atoms with E-state index in [0.29, 0.717) is 43.0 Å². The summed E-state index contributed by atoms with van der Waals surface area (Å²) in [5.41, 5.74) is -0.119. The van der Waals surface area contributed by atoms with Crippen molar-refractivity contribution in [2.75, 3.05) is 20.8 Å². The van der Waals surface area contributed by atoms with E-state index < -0.39 is 4.92 Å². The topological polar surface area (TPSA) is 113 Å². The summed E-state index contributed by atoms with van der Waals surface area (Å²) >= 11 is 0. The molecule has 1 amide bonds. The lowest BCUT2D eigenvalue weighted by Crippen LogP contribution is -2.26. The molecule has 0 unspecified atom stereocenters. The van der Waals surface area contributed by atoms with Crippen molar-refractivity contribution in [2.45, 2.75) is 19.4 Å². The van der Waals surface area contributed by atoms with Crippen molar-refractivity contribution in [1.82, 2.24) is 9.88 Å². The molecular weight excluding hydrogens is 354 g/mol. The van der Waals surface area contributed by atoms with Gasteiger partial charge in [0, 0.05) is 25.2 Å². The molecule has 9 nitrogen and oxygen atoms in total. The smallest absolute Gasteiger partial charge is 0.285 e. The molecule has 1 N–H and O–H groups in total. The lowest BCUT2D eigenvalue weighted by atomic mass is 10.1. The number of nitro groups is 1. The maximum Gasteiger partial charge on any atom is 0.285 e. The molecule has 0 aliphatic rings. The van der Waals surface area contributed by atoms with Gasteiger partial charge in [-0.1, -0.05) is 6.07 Å². The summed E-state index contributed by atoms with van der Waals surface area (Å²) in [6.45, 7) is 0.706. The van der Waals surface area contributed by atoms with E-state index in [-0.39, 0.29) is 17.2 Å². The number of hydrogen-bond acceptors (Lipinski definition) is 6. The van der Waals surface area contributed by atoms with Crippen LogP contribution in [0, 0.1) is 10.1 Å². The van der Waals surface area contributed by atoms with Crippen molar-refractivity contribution >= 4 is 11.6 Å². The Kier molecular flexibility index (Phi) is 6.93. The molecule has 0 atom stereocenters. The lowest BCUT2D eigenvalue weighted by Gasteiger charge is -2.13.